The smallest absolute Gasteiger partial charge is 0.228 e. The molecule has 148 valence electrons. The van der Waals surface area contributed by atoms with Crippen molar-refractivity contribution in [3.05, 3.63) is 35.2 Å². The molecule has 1 aliphatic heterocycles. The minimum Gasteiger partial charge on any atom is -0.356 e. The van der Waals surface area contributed by atoms with Crippen LogP contribution in [-0.2, 0) is 6.42 Å². The Labute approximate surface area is 182 Å². The molecule has 1 N–H and O–H groups in total. The molecular formula is C19H27ClIN5O. The van der Waals surface area contributed by atoms with Crippen LogP contribution in [0.3, 0.4) is 0 Å². The summed E-state index contributed by atoms with van der Waals surface area (Å²) in [6.45, 7) is 7.39. The third-order valence-corrected chi connectivity index (χ3v) is 4.82. The lowest BCUT2D eigenvalue weighted by Crippen LogP contribution is -2.48. The third-order valence-electron chi connectivity index (χ3n) is 4.57. The van der Waals surface area contributed by atoms with Gasteiger partial charge in [-0.3, -0.25) is 4.99 Å². The summed E-state index contributed by atoms with van der Waals surface area (Å²) in [6.07, 6.45) is 1.93. The first-order valence-electron chi connectivity index (χ1n) is 9.09. The minimum absolute atomic E-state index is 0. The second-order valence-electron chi connectivity index (χ2n) is 7.09. The third kappa shape index (κ3) is 6.07. The Bertz CT molecular complexity index is 739. The minimum atomic E-state index is 0. The van der Waals surface area contributed by atoms with E-state index in [1.165, 1.54) is 6.42 Å². The molecule has 0 spiro atoms. The number of halogens is 2. The van der Waals surface area contributed by atoms with E-state index in [0.29, 0.717) is 41.5 Å². The number of nitrogens with one attached hydrogen (secondary N) is 1. The number of hydrogen-bond acceptors (Lipinski definition) is 4. The molecule has 2 aromatic rings. The first-order valence-corrected chi connectivity index (χ1v) is 9.47. The van der Waals surface area contributed by atoms with Gasteiger partial charge in [-0.1, -0.05) is 30.6 Å². The first kappa shape index (κ1) is 21.9. The molecule has 1 aromatic carbocycles. The molecule has 6 nitrogen and oxygen atoms in total. The summed E-state index contributed by atoms with van der Waals surface area (Å²) in [5.74, 6) is 3.52. The van der Waals surface area contributed by atoms with Crippen LogP contribution >= 0.6 is 35.6 Å². The summed E-state index contributed by atoms with van der Waals surface area (Å²) in [5, 5.41) is 8.15. The Morgan fingerprint density at radius 1 is 1.26 bits per heavy atom. The van der Waals surface area contributed by atoms with Crippen LogP contribution in [-0.4, -0.2) is 47.7 Å². The number of nitrogens with zero attached hydrogens (tertiary/aromatic N) is 4. The maximum absolute atomic E-state index is 5.91. The van der Waals surface area contributed by atoms with Gasteiger partial charge in [0, 0.05) is 43.7 Å². The average Bonchev–Trinajstić information content (AvgIpc) is 3.07. The van der Waals surface area contributed by atoms with Crippen LogP contribution in [0.4, 0.5) is 0 Å². The highest BCUT2D eigenvalue weighted by Gasteiger charge is 2.23. The van der Waals surface area contributed by atoms with E-state index in [4.69, 9.17) is 16.1 Å². The van der Waals surface area contributed by atoms with Crippen molar-refractivity contribution in [3.63, 3.8) is 0 Å². The monoisotopic (exact) mass is 503 g/mol. The van der Waals surface area contributed by atoms with E-state index < -0.39 is 0 Å². The van der Waals surface area contributed by atoms with Crippen LogP contribution in [0.2, 0.25) is 5.02 Å². The van der Waals surface area contributed by atoms with Crippen molar-refractivity contribution in [3.8, 4) is 11.4 Å². The predicted octanol–water partition coefficient (Wildman–Crippen LogP) is 4.10. The highest BCUT2D eigenvalue weighted by atomic mass is 127. The van der Waals surface area contributed by atoms with Crippen molar-refractivity contribution in [2.75, 3.05) is 26.7 Å². The zero-order chi connectivity index (χ0) is 18.5. The standard InChI is InChI=1S/C19H26ClN5O.HI/c1-13-10-14(2)12-25(11-13)19(21-3)22-9-8-17-23-18(24-26-17)15-4-6-16(20)7-5-15;/h4-7,13-14H,8-12H2,1-3H3,(H,21,22);1H. The average molecular weight is 504 g/mol. The van der Waals surface area contributed by atoms with E-state index >= 15 is 0 Å². The molecule has 0 saturated carbocycles. The molecule has 2 heterocycles. The van der Waals surface area contributed by atoms with Gasteiger partial charge in [-0.15, -0.1) is 24.0 Å². The molecule has 0 radical (unpaired) electrons. The molecule has 2 unspecified atom stereocenters. The van der Waals surface area contributed by atoms with Gasteiger partial charge in [0.15, 0.2) is 5.96 Å². The molecule has 1 aromatic heterocycles. The van der Waals surface area contributed by atoms with Crippen LogP contribution < -0.4 is 5.32 Å². The number of benzene rings is 1. The predicted molar refractivity (Wildman–Crippen MR) is 120 cm³/mol. The van der Waals surface area contributed by atoms with Crippen molar-refractivity contribution in [2.24, 2.45) is 16.8 Å². The molecule has 1 fully saturated rings. The zero-order valence-corrected chi connectivity index (χ0v) is 19.1. The van der Waals surface area contributed by atoms with Gasteiger partial charge in [-0.25, -0.2) is 0 Å². The summed E-state index contributed by atoms with van der Waals surface area (Å²) in [4.78, 5) is 11.2. The van der Waals surface area contributed by atoms with Gasteiger partial charge in [0.2, 0.25) is 11.7 Å². The number of aromatic nitrogens is 2. The molecular weight excluding hydrogens is 477 g/mol. The van der Waals surface area contributed by atoms with Gasteiger partial charge in [0.25, 0.3) is 0 Å². The Hall–Kier alpha value is -1.35. The van der Waals surface area contributed by atoms with Gasteiger partial charge in [0.05, 0.1) is 0 Å². The highest BCUT2D eigenvalue weighted by molar-refractivity contribution is 14.0. The van der Waals surface area contributed by atoms with Crippen molar-refractivity contribution in [2.45, 2.75) is 26.7 Å². The van der Waals surface area contributed by atoms with Gasteiger partial charge in [0.1, 0.15) is 0 Å². The summed E-state index contributed by atoms with van der Waals surface area (Å²) in [7, 11) is 1.83. The summed E-state index contributed by atoms with van der Waals surface area (Å²) < 4.78 is 5.36. The second kappa shape index (κ2) is 10.3. The van der Waals surface area contributed by atoms with Crippen LogP contribution in [0, 0.1) is 11.8 Å². The van der Waals surface area contributed by atoms with E-state index in [2.05, 4.69) is 39.2 Å². The molecule has 0 amide bonds. The Balaban J connectivity index is 0.00000261. The number of aliphatic imine (C=N–C) groups is 1. The lowest BCUT2D eigenvalue weighted by molar-refractivity contribution is 0.208. The molecule has 1 saturated heterocycles. The quantitative estimate of drug-likeness (QED) is 0.386. The molecule has 3 rings (SSSR count). The van der Waals surface area contributed by atoms with Crippen molar-refractivity contribution in [1.29, 1.82) is 0 Å². The normalized spacial score (nSPS) is 20.3. The van der Waals surface area contributed by atoms with Gasteiger partial charge in [-0.2, -0.15) is 4.98 Å². The second-order valence-corrected chi connectivity index (χ2v) is 7.53. The molecule has 2 atom stereocenters. The molecule has 0 bridgehead atoms. The maximum atomic E-state index is 5.91. The highest BCUT2D eigenvalue weighted by Crippen LogP contribution is 2.21. The van der Waals surface area contributed by atoms with Crippen molar-refractivity contribution in [1.82, 2.24) is 20.4 Å². The van der Waals surface area contributed by atoms with Crippen LogP contribution in [0.5, 0.6) is 0 Å². The van der Waals surface area contributed by atoms with Gasteiger partial charge in [-0.05, 0) is 42.5 Å². The van der Waals surface area contributed by atoms with E-state index in [0.717, 1.165) is 24.6 Å². The number of likely N-dealkylation sites (tertiary alicyclic amines) is 1. The molecule has 8 heteroatoms. The van der Waals surface area contributed by atoms with E-state index in [1.54, 1.807) is 0 Å². The van der Waals surface area contributed by atoms with Gasteiger partial charge >= 0.3 is 0 Å². The summed E-state index contributed by atoms with van der Waals surface area (Å²) in [5.41, 5.74) is 0.893. The lowest BCUT2D eigenvalue weighted by atomic mass is 9.92. The number of hydrogen-bond donors (Lipinski definition) is 1. The summed E-state index contributed by atoms with van der Waals surface area (Å²) >= 11 is 5.91. The Morgan fingerprint density at radius 2 is 1.93 bits per heavy atom. The topological polar surface area (TPSA) is 66.5 Å². The van der Waals surface area contributed by atoms with E-state index in [1.807, 2.05) is 31.3 Å². The van der Waals surface area contributed by atoms with E-state index in [9.17, 15) is 0 Å². The van der Waals surface area contributed by atoms with E-state index in [-0.39, 0.29) is 24.0 Å². The zero-order valence-electron chi connectivity index (χ0n) is 16.0. The Kier molecular flexibility index (Phi) is 8.34. The fraction of sp³-hybridized carbons (Fsp3) is 0.526. The van der Waals surface area contributed by atoms with Gasteiger partial charge < -0.3 is 14.7 Å². The number of rotatable bonds is 4. The first-order chi connectivity index (χ1) is 12.5. The number of piperidine rings is 1. The maximum Gasteiger partial charge on any atom is 0.228 e. The van der Waals surface area contributed by atoms with Crippen LogP contribution in [0.25, 0.3) is 11.4 Å². The lowest BCUT2D eigenvalue weighted by Gasteiger charge is -2.37. The molecule has 0 aliphatic carbocycles. The van der Waals surface area contributed by atoms with Crippen LogP contribution in [0.1, 0.15) is 26.2 Å². The summed E-state index contributed by atoms with van der Waals surface area (Å²) in [6, 6.07) is 7.41. The largest absolute Gasteiger partial charge is 0.356 e. The Morgan fingerprint density at radius 3 is 2.56 bits per heavy atom. The fourth-order valence-electron chi connectivity index (χ4n) is 3.52. The number of guanidine groups is 1. The van der Waals surface area contributed by atoms with Crippen molar-refractivity contribution >= 4 is 41.5 Å². The van der Waals surface area contributed by atoms with Crippen LogP contribution in [0.15, 0.2) is 33.8 Å². The van der Waals surface area contributed by atoms with Crippen molar-refractivity contribution < 1.29 is 4.52 Å². The fourth-order valence-corrected chi connectivity index (χ4v) is 3.65. The molecule has 1 aliphatic rings. The SMILES string of the molecule is CN=C(NCCc1nc(-c2ccc(Cl)cc2)no1)N1CC(C)CC(C)C1.I. The molecule has 27 heavy (non-hydrogen) atoms.